The van der Waals surface area contributed by atoms with Crippen molar-refractivity contribution in [2.45, 2.75) is 5.25 Å². The van der Waals surface area contributed by atoms with E-state index in [2.05, 4.69) is 12.6 Å². The number of thiol groups is 1. The minimum Gasteiger partial charge on any atom is -0.497 e. The van der Waals surface area contributed by atoms with Crippen molar-refractivity contribution in [1.29, 1.82) is 0 Å². The van der Waals surface area contributed by atoms with Crippen LogP contribution < -0.4 is 16.0 Å². The van der Waals surface area contributed by atoms with Gasteiger partial charge in [0, 0.05) is 0 Å². The molecule has 0 aromatic heterocycles. The zero-order chi connectivity index (χ0) is 10.6. The molecular weight excluding hydrogens is 200 g/mol. The van der Waals surface area contributed by atoms with E-state index in [1.54, 1.807) is 31.4 Å². The van der Waals surface area contributed by atoms with Crippen LogP contribution in [0.4, 0.5) is 0 Å². The number of amides is 1. The van der Waals surface area contributed by atoms with Crippen LogP contribution in [0, 0.1) is 0 Å². The Kier molecular flexibility index (Phi) is 3.79. The molecule has 0 bridgehead atoms. The summed E-state index contributed by atoms with van der Waals surface area (Å²) in [7, 11) is 1.57. The van der Waals surface area contributed by atoms with Crippen molar-refractivity contribution in [3.8, 4) is 5.75 Å². The number of rotatable bonds is 3. The fraction of sp³-hybridized carbons (Fsp3) is 0.222. The van der Waals surface area contributed by atoms with Crippen LogP contribution in [-0.2, 0) is 4.79 Å². The molecule has 3 N–H and O–H groups in total. The lowest BCUT2D eigenvalue weighted by Crippen LogP contribution is -2.32. The van der Waals surface area contributed by atoms with Gasteiger partial charge in [0.1, 0.15) is 11.0 Å². The molecule has 4 nitrogen and oxygen atoms in total. The van der Waals surface area contributed by atoms with E-state index in [0.717, 1.165) is 5.56 Å². The molecule has 0 aliphatic rings. The smallest absolute Gasteiger partial charge is 0.251 e. The van der Waals surface area contributed by atoms with E-state index in [1.165, 1.54) is 0 Å². The lowest BCUT2D eigenvalue weighted by Gasteiger charge is -2.10. The molecule has 0 spiro atoms. The summed E-state index contributed by atoms with van der Waals surface area (Å²) >= 11 is 4.13. The molecule has 1 rings (SSSR count). The second-order valence-electron chi connectivity index (χ2n) is 2.69. The number of ether oxygens (including phenoxy) is 1. The van der Waals surface area contributed by atoms with E-state index in [4.69, 9.17) is 10.6 Å². The van der Waals surface area contributed by atoms with Crippen LogP contribution in [0.2, 0.25) is 0 Å². The number of benzene rings is 1. The van der Waals surface area contributed by atoms with Crippen molar-refractivity contribution in [2.24, 2.45) is 5.84 Å². The van der Waals surface area contributed by atoms with Gasteiger partial charge in [-0.2, -0.15) is 12.6 Å². The Bertz CT molecular complexity index is 330. The maximum atomic E-state index is 11.2. The molecule has 0 aliphatic carbocycles. The quantitative estimate of drug-likeness (QED) is 0.298. The number of hydrazine groups is 1. The average Bonchev–Trinajstić information content (AvgIpc) is 2.27. The highest BCUT2D eigenvalue weighted by molar-refractivity contribution is 7.81. The maximum Gasteiger partial charge on any atom is 0.251 e. The van der Waals surface area contributed by atoms with Crippen molar-refractivity contribution in [2.75, 3.05) is 7.11 Å². The predicted octanol–water partition coefficient (Wildman–Crippen LogP) is 0.656. The molecule has 1 amide bonds. The largest absolute Gasteiger partial charge is 0.497 e. The van der Waals surface area contributed by atoms with Crippen LogP contribution in [0.25, 0.3) is 0 Å². The summed E-state index contributed by atoms with van der Waals surface area (Å²) in [6.45, 7) is 0. The van der Waals surface area contributed by atoms with Crippen LogP contribution in [0.5, 0.6) is 5.75 Å². The molecule has 0 heterocycles. The first-order valence-corrected chi connectivity index (χ1v) is 4.53. The summed E-state index contributed by atoms with van der Waals surface area (Å²) < 4.78 is 5.02. The van der Waals surface area contributed by atoms with Gasteiger partial charge in [-0.05, 0) is 17.7 Å². The summed E-state index contributed by atoms with van der Waals surface area (Å²) in [5.74, 6) is 5.34. The highest BCUT2D eigenvalue weighted by Crippen LogP contribution is 2.23. The number of carbonyl (C=O) groups is 1. The van der Waals surface area contributed by atoms with Gasteiger partial charge in [-0.3, -0.25) is 10.2 Å². The topological polar surface area (TPSA) is 64.3 Å². The van der Waals surface area contributed by atoms with Gasteiger partial charge in [0.05, 0.1) is 7.11 Å². The molecule has 1 atom stereocenters. The fourth-order valence-corrected chi connectivity index (χ4v) is 1.28. The molecular formula is C9H12N2O2S. The fourth-order valence-electron chi connectivity index (χ4n) is 1.04. The Hall–Kier alpha value is -1.20. The Morgan fingerprint density at radius 2 is 2.36 bits per heavy atom. The van der Waals surface area contributed by atoms with Gasteiger partial charge in [0.2, 0.25) is 0 Å². The van der Waals surface area contributed by atoms with E-state index < -0.39 is 5.25 Å². The molecule has 1 unspecified atom stereocenters. The van der Waals surface area contributed by atoms with Crippen LogP contribution >= 0.6 is 12.6 Å². The Morgan fingerprint density at radius 1 is 1.64 bits per heavy atom. The number of nitrogens with two attached hydrogens (primary N) is 1. The van der Waals surface area contributed by atoms with E-state index >= 15 is 0 Å². The minimum absolute atomic E-state index is 0.346. The minimum atomic E-state index is -0.574. The molecule has 76 valence electrons. The first-order chi connectivity index (χ1) is 6.69. The molecule has 1 aromatic rings. The van der Waals surface area contributed by atoms with Crippen molar-refractivity contribution in [3.63, 3.8) is 0 Å². The number of nitrogens with one attached hydrogen (secondary N) is 1. The Morgan fingerprint density at radius 3 is 2.93 bits per heavy atom. The first kappa shape index (κ1) is 10.9. The number of hydrogen-bond donors (Lipinski definition) is 3. The van der Waals surface area contributed by atoms with Crippen LogP contribution in [0.3, 0.4) is 0 Å². The van der Waals surface area contributed by atoms with E-state index in [-0.39, 0.29) is 5.91 Å². The number of carbonyl (C=O) groups excluding carboxylic acids is 1. The van der Waals surface area contributed by atoms with Gasteiger partial charge in [0.25, 0.3) is 5.91 Å². The maximum absolute atomic E-state index is 11.2. The normalized spacial score (nSPS) is 11.9. The third-order valence-corrected chi connectivity index (χ3v) is 2.33. The van der Waals surface area contributed by atoms with Gasteiger partial charge < -0.3 is 4.74 Å². The molecule has 0 radical (unpaired) electrons. The van der Waals surface area contributed by atoms with Crippen LogP contribution in [0.15, 0.2) is 24.3 Å². The van der Waals surface area contributed by atoms with Gasteiger partial charge in [-0.1, -0.05) is 12.1 Å². The van der Waals surface area contributed by atoms with Crippen molar-refractivity contribution in [1.82, 2.24) is 5.43 Å². The third kappa shape index (κ3) is 2.40. The van der Waals surface area contributed by atoms with Crippen LogP contribution in [0.1, 0.15) is 10.8 Å². The van der Waals surface area contributed by atoms with E-state index in [1.807, 2.05) is 5.43 Å². The Labute approximate surface area is 87.8 Å². The number of hydrogen-bond acceptors (Lipinski definition) is 4. The van der Waals surface area contributed by atoms with E-state index in [0.29, 0.717) is 5.75 Å². The molecule has 0 saturated carbocycles. The summed E-state index contributed by atoms with van der Waals surface area (Å²) in [6, 6.07) is 7.12. The molecule has 1 aromatic carbocycles. The standard InChI is InChI=1S/C9H12N2O2S/c1-13-7-4-2-3-6(5-7)8(14)9(12)11-10/h2-5,8,14H,10H2,1H3,(H,11,12). The van der Waals surface area contributed by atoms with Crippen molar-refractivity contribution in [3.05, 3.63) is 29.8 Å². The summed E-state index contributed by atoms with van der Waals surface area (Å²) in [5.41, 5.74) is 2.79. The summed E-state index contributed by atoms with van der Waals surface area (Å²) in [5, 5.41) is -0.574. The predicted molar refractivity (Wildman–Crippen MR) is 57.1 cm³/mol. The highest BCUT2D eigenvalue weighted by Gasteiger charge is 2.14. The lowest BCUT2D eigenvalue weighted by atomic mass is 10.1. The number of methoxy groups -OCH3 is 1. The van der Waals surface area contributed by atoms with Gasteiger partial charge in [0.15, 0.2) is 0 Å². The monoisotopic (exact) mass is 212 g/mol. The first-order valence-electron chi connectivity index (χ1n) is 4.01. The molecule has 14 heavy (non-hydrogen) atoms. The summed E-state index contributed by atoms with van der Waals surface area (Å²) in [4.78, 5) is 11.2. The zero-order valence-corrected chi connectivity index (χ0v) is 8.62. The molecule has 0 fully saturated rings. The second-order valence-corrected chi connectivity index (χ2v) is 3.20. The molecule has 5 heteroatoms. The van der Waals surface area contributed by atoms with Crippen LogP contribution in [-0.4, -0.2) is 13.0 Å². The third-order valence-electron chi connectivity index (χ3n) is 1.80. The van der Waals surface area contributed by atoms with E-state index in [9.17, 15) is 4.79 Å². The van der Waals surface area contributed by atoms with Gasteiger partial charge in [-0.15, -0.1) is 0 Å². The Balaban J connectivity index is 2.89. The van der Waals surface area contributed by atoms with Crippen molar-refractivity contribution < 1.29 is 9.53 Å². The molecule has 0 saturated heterocycles. The second kappa shape index (κ2) is 4.88. The lowest BCUT2D eigenvalue weighted by molar-refractivity contribution is -0.120. The van der Waals surface area contributed by atoms with Gasteiger partial charge >= 0.3 is 0 Å². The average molecular weight is 212 g/mol. The summed E-state index contributed by atoms with van der Waals surface area (Å²) in [6.07, 6.45) is 0. The molecule has 0 aliphatic heterocycles. The highest BCUT2D eigenvalue weighted by atomic mass is 32.1. The van der Waals surface area contributed by atoms with Gasteiger partial charge in [-0.25, -0.2) is 5.84 Å². The zero-order valence-electron chi connectivity index (χ0n) is 7.73. The van der Waals surface area contributed by atoms with Crippen molar-refractivity contribution >= 4 is 18.5 Å². The SMILES string of the molecule is COc1cccc(C(S)C(=O)NN)c1.